The third kappa shape index (κ3) is 4.32. The molecule has 1 aliphatic heterocycles. The number of carbonyl (C=O) groups is 1. The van der Waals surface area contributed by atoms with Crippen molar-refractivity contribution in [2.75, 3.05) is 12.1 Å². The average Bonchev–Trinajstić information content (AvgIpc) is 3.49. The molecule has 0 spiro atoms. The zero-order chi connectivity index (χ0) is 25.0. The second kappa shape index (κ2) is 7.99. The summed E-state index contributed by atoms with van der Waals surface area (Å²) in [5.41, 5.74) is -1.19. The Morgan fingerprint density at radius 2 is 1.63 bits per heavy atom. The highest BCUT2D eigenvalue weighted by atomic mass is 32.2. The molecule has 1 radical (unpaired) electrons. The Morgan fingerprint density at radius 3 is 2.26 bits per heavy atom. The molecule has 1 amide bonds. The molecule has 35 heavy (non-hydrogen) atoms. The van der Waals surface area contributed by atoms with Crippen LogP contribution < -0.4 is 19.9 Å². The van der Waals surface area contributed by atoms with E-state index >= 15 is 0 Å². The monoisotopic (exact) mass is 503 g/mol. The fraction of sp³-hybridized carbons (Fsp3) is 0.208. The number of hydrogen-bond donors (Lipinski definition) is 1. The lowest BCUT2D eigenvalue weighted by Gasteiger charge is -2.19. The first-order chi connectivity index (χ1) is 16.5. The molecular formula is C24H18F3N2O5S. The minimum absolute atomic E-state index is 0.0107. The molecule has 3 aromatic carbocycles. The number of alkyl halides is 3. The van der Waals surface area contributed by atoms with E-state index in [1.165, 1.54) is 24.3 Å². The van der Waals surface area contributed by atoms with Crippen LogP contribution in [0.25, 0.3) is 11.1 Å². The molecule has 0 unspecified atom stereocenters. The van der Waals surface area contributed by atoms with E-state index in [9.17, 15) is 26.4 Å². The molecule has 2 aliphatic rings. The summed E-state index contributed by atoms with van der Waals surface area (Å²) in [7, 11) is -4.23. The van der Waals surface area contributed by atoms with Crippen LogP contribution in [0.2, 0.25) is 0 Å². The van der Waals surface area contributed by atoms with Crippen LogP contribution in [0.15, 0.2) is 65.6 Å². The predicted octanol–water partition coefficient (Wildman–Crippen LogP) is 4.74. The van der Waals surface area contributed by atoms with Gasteiger partial charge < -0.3 is 14.8 Å². The first kappa shape index (κ1) is 23.2. The van der Waals surface area contributed by atoms with Crippen LogP contribution in [0.3, 0.4) is 0 Å². The molecule has 7 nitrogen and oxygen atoms in total. The minimum atomic E-state index is -4.73. The summed E-state index contributed by atoms with van der Waals surface area (Å²) in [4.78, 5) is 12.8. The van der Waals surface area contributed by atoms with Crippen LogP contribution in [0.4, 0.5) is 18.9 Å². The van der Waals surface area contributed by atoms with Crippen molar-refractivity contribution >= 4 is 21.6 Å². The highest BCUT2D eigenvalue weighted by Gasteiger charge is 2.51. The van der Waals surface area contributed by atoms with Crippen LogP contribution in [-0.2, 0) is 26.4 Å². The molecule has 0 atom stereocenters. The lowest BCUT2D eigenvalue weighted by molar-refractivity contribution is -0.137. The summed E-state index contributed by atoms with van der Waals surface area (Å²) in [5.74, 6) is 0.681. The number of amides is 1. The van der Waals surface area contributed by atoms with Gasteiger partial charge in [0.25, 0.3) is 10.0 Å². The molecule has 1 fully saturated rings. The van der Waals surface area contributed by atoms with Gasteiger partial charge in [-0.25, -0.2) is 8.42 Å². The molecule has 3 aromatic rings. The highest BCUT2D eigenvalue weighted by molar-refractivity contribution is 7.88. The summed E-state index contributed by atoms with van der Waals surface area (Å²) in [6.07, 6.45) is -3.63. The molecule has 0 bridgehead atoms. The molecule has 181 valence electrons. The van der Waals surface area contributed by atoms with E-state index in [4.69, 9.17) is 14.6 Å². The second-order valence-electron chi connectivity index (χ2n) is 8.39. The van der Waals surface area contributed by atoms with Gasteiger partial charge in [0.2, 0.25) is 12.7 Å². The Labute approximate surface area is 198 Å². The normalized spacial score (nSPS) is 16.1. The van der Waals surface area contributed by atoms with E-state index in [0.717, 1.165) is 18.2 Å². The third-order valence-electron chi connectivity index (χ3n) is 6.17. The summed E-state index contributed by atoms with van der Waals surface area (Å²) >= 11 is 0. The number of carbonyl (C=O) groups excluding carboxylic acids is 1. The molecule has 1 aliphatic carbocycles. The summed E-state index contributed by atoms with van der Waals surface area (Å²) in [5, 5.41) is 9.69. The van der Waals surface area contributed by atoms with E-state index < -0.39 is 33.1 Å². The van der Waals surface area contributed by atoms with Crippen molar-refractivity contribution in [2.45, 2.75) is 29.3 Å². The topological polar surface area (TPSA) is 106 Å². The smallest absolute Gasteiger partial charge is 0.417 e. The highest BCUT2D eigenvalue weighted by Crippen LogP contribution is 2.51. The Morgan fingerprint density at radius 1 is 0.943 bits per heavy atom. The van der Waals surface area contributed by atoms with Crippen LogP contribution in [0.1, 0.15) is 24.0 Å². The van der Waals surface area contributed by atoms with Crippen molar-refractivity contribution in [3.8, 4) is 22.6 Å². The van der Waals surface area contributed by atoms with E-state index in [0.29, 0.717) is 29.9 Å². The molecule has 0 saturated heterocycles. The van der Waals surface area contributed by atoms with Gasteiger partial charge in [0.1, 0.15) is 0 Å². The zero-order valence-electron chi connectivity index (χ0n) is 18.0. The summed E-state index contributed by atoms with van der Waals surface area (Å²) in [6.45, 7) is 0.0895. The van der Waals surface area contributed by atoms with Gasteiger partial charge >= 0.3 is 6.18 Å². The van der Waals surface area contributed by atoms with Crippen molar-refractivity contribution in [1.82, 2.24) is 5.14 Å². The SMILES string of the molecule is [NH]S(=O)(=O)c1ccc(-c2ccc(NC(=O)C3(c4ccc5c(c4)OCO5)CC3)cc2C(F)(F)F)cc1. The molecule has 1 heterocycles. The average molecular weight is 503 g/mol. The first-order valence-corrected chi connectivity index (χ1v) is 12.0. The maximum absolute atomic E-state index is 13.9. The van der Waals surface area contributed by atoms with Crippen molar-refractivity contribution in [3.63, 3.8) is 0 Å². The number of nitrogens with one attached hydrogen (secondary N) is 2. The molecule has 0 aromatic heterocycles. The fourth-order valence-corrected chi connectivity index (χ4v) is 4.63. The number of sulfonamides is 1. The van der Waals surface area contributed by atoms with Gasteiger partial charge in [0.15, 0.2) is 11.5 Å². The first-order valence-electron chi connectivity index (χ1n) is 10.5. The van der Waals surface area contributed by atoms with Crippen molar-refractivity contribution in [1.29, 1.82) is 0 Å². The van der Waals surface area contributed by atoms with Crippen LogP contribution in [0.5, 0.6) is 11.5 Å². The number of fused-ring (bicyclic) bond motifs is 1. The Balaban J connectivity index is 1.44. The predicted molar refractivity (Wildman–Crippen MR) is 119 cm³/mol. The van der Waals surface area contributed by atoms with Gasteiger partial charge in [0.05, 0.1) is 15.9 Å². The zero-order valence-corrected chi connectivity index (χ0v) is 18.8. The lowest BCUT2D eigenvalue weighted by Crippen LogP contribution is -2.28. The van der Waals surface area contributed by atoms with Crippen molar-refractivity contribution in [3.05, 3.63) is 71.8 Å². The Hall–Kier alpha value is -3.57. The van der Waals surface area contributed by atoms with Crippen LogP contribution in [0, 0.1) is 0 Å². The Kier molecular flexibility index (Phi) is 5.29. The third-order valence-corrected chi connectivity index (χ3v) is 7.06. The minimum Gasteiger partial charge on any atom is -0.454 e. The quantitative estimate of drug-likeness (QED) is 0.541. The Bertz CT molecular complexity index is 1430. The number of halogens is 3. The second-order valence-corrected chi connectivity index (χ2v) is 9.87. The van der Waals surface area contributed by atoms with Crippen LogP contribution in [-0.4, -0.2) is 21.1 Å². The maximum atomic E-state index is 13.9. The van der Waals surface area contributed by atoms with Gasteiger partial charge in [-0.3, -0.25) is 4.79 Å². The molecular weight excluding hydrogens is 485 g/mol. The van der Waals surface area contributed by atoms with Gasteiger partial charge in [-0.2, -0.15) is 13.2 Å². The van der Waals surface area contributed by atoms with Crippen molar-refractivity contribution in [2.24, 2.45) is 0 Å². The number of hydrogen-bond acceptors (Lipinski definition) is 5. The van der Waals surface area contributed by atoms with Crippen LogP contribution >= 0.6 is 0 Å². The van der Waals surface area contributed by atoms with Gasteiger partial charge in [0, 0.05) is 5.69 Å². The van der Waals surface area contributed by atoms with Gasteiger partial charge in [-0.1, -0.05) is 24.3 Å². The molecule has 5 rings (SSSR count). The standard InChI is InChI=1S/C24H18F3N2O5S/c25-24(26,27)19-12-16(4-7-18(19)14-1-5-17(6-2-14)35(28,31)32)29-22(30)23(9-10-23)15-3-8-20-21(11-15)34-13-33-20/h1-8,11-12,28H,9-10,13H2,(H,29,30). The number of ether oxygens (including phenoxy) is 2. The largest absolute Gasteiger partial charge is 0.454 e. The maximum Gasteiger partial charge on any atom is 0.417 e. The molecule has 11 heteroatoms. The summed E-state index contributed by atoms with van der Waals surface area (Å²) < 4.78 is 75.0. The molecule has 1 saturated carbocycles. The van der Waals surface area contributed by atoms with Gasteiger partial charge in [-0.15, -0.1) is 5.14 Å². The van der Waals surface area contributed by atoms with E-state index in [-0.39, 0.29) is 28.5 Å². The summed E-state index contributed by atoms with van der Waals surface area (Å²) in [6, 6.07) is 13.2. The number of rotatable bonds is 5. The van der Waals surface area contributed by atoms with Gasteiger partial charge in [-0.05, 0) is 65.9 Å². The van der Waals surface area contributed by atoms with Crippen molar-refractivity contribution < 1.29 is 35.9 Å². The number of benzene rings is 3. The fourth-order valence-electron chi connectivity index (χ4n) is 4.14. The van der Waals surface area contributed by atoms with E-state index in [2.05, 4.69) is 5.32 Å². The van der Waals surface area contributed by atoms with E-state index in [1.54, 1.807) is 18.2 Å². The lowest BCUT2D eigenvalue weighted by atomic mass is 9.94. The molecule has 2 N–H and O–H groups in total. The van der Waals surface area contributed by atoms with E-state index in [1.807, 2.05) is 0 Å². The number of anilines is 1.